The van der Waals surface area contributed by atoms with E-state index >= 15 is 0 Å². The average molecular weight is 427 g/mol. The average Bonchev–Trinajstić information content (AvgIpc) is 3.24. The molecule has 0 radical (unpaired) electrons. The number of benzene rings is 1. The van der Waals surface area contributed by atoms with Crippen LogP contribution in [0.2, 0.25) is 5.02 Å². The molecular formula is C19H23ClN2O5S. The molecule has 0 aliphatic carbocycles. The third-order valence-electron chi connectivity index (χ3n) is 4.91. The summed E-state index contributed by atoms with van der Waals surface area (Å²) in [4.78, 5) is 39.3. The zero-order valence-electron chi connectivity index (χ0n) is 15.9. The van der Waals surface area contributed by atoms with Crippen molar-refractivity contribution < 1.29 is 23.9 Å². The Hall–Kier alpha value is -1.93. The summed E-state index contributed by atoms with van der Waals surface area (Å²) in [5.74, 6) is 0.506. The van der Waals surface area contributed by atoms with Crippen molar-refractivity contribution in [2.45, 2.75) is 30.7 Å². The lowest BCUT2D eigenvalue weighted by molar-refractivity contribution is -0.164. The van der Waals surface area contributed by atoms with E-state index in [0.717, 1.165) is 0 Å². The van der Waals surface area contributed by atoms with Crippen LogP contribution in [0.25, 0.3) is 0 Å². The molecule has 0 bridgehead atoms. The maximum atomic E-state index is 12.7. The van der Waals surface area contributed by atoms with Gasteiger partial charge in [0.15, 0.2) is 11.0 Å². The summed E-state index contributed by atoms with van der Waals surface area (Å²) in [6.45, 7) is 2.73. The van der Waals surface area contributed by atoms with Gasteiger partial charge in [-0.1, -0.05) is 11.6 Å². The standard InChI is InChI=1S/C19H23ClN2O5S/c1-13(27-18(25)19-8-7-16(23)22(19)10-12-28-19)17(24)21(2)9-11-26-15-5-3-14(20)4-6-15/h3-6,13H,7-12H2,1-2H3. The number of thioether (sulfide) groups is 1. The van der Waals surface area contributed by atoms with E-state index in [1.54, 1.807) is 43.1 Å². The molecule has 2 unspecified atom stereocenters. The molecule has 2 atom stereocenters. The number of halogens is 1. The normalized spacial score (nSPS) is 22.0. The van der Waals surface area contributed by atoms with Gasteiger partial charge in [0.25, 0.3) is 5.91 Å². The van der Waals surface area contributed by atoms with Crippen LogP contribution in [0.15, 0.2) is 24.3 Å². The number of nitrogens with zero attached hydrogens (tertiary/aromatic N) is 2. The van der Waals surface area contributed by atoms with Crippen LogP contribution < -0.4 is 4.74 Å². The molecule has 0 spiro atoms. The molecular weight excluding hydrogens is 404 g/mol. The Morgan fingerprint density at radius 2 is 2.07 bits per heavy atom. The quantitative estimate of drug-likeness (QED) is 0.622. The number of rotatable bonds is 7. The first-order chi connectivity index (χ1) is 13.3. The van der Waals surface area contributed by atoms with E-state index in [4.69, 9.17) is 21.1 Å². The molecule has 9 heteroatoms. The molecule has 2 aliphatic rings. The van der Waals surface area contributed by atoms with Crippen molar-refractivity contribution in [3.63, 3.8) is 0 Å². The molecule has 0 saturated carbocycles. The number of carbonyl (C=O) groups is 3. The number of carbonyl (C=O) groups excluding carboxylic acids is 3. The molecule has 1 aromatic carbocycles. The molecule has 2 amide bonds. The van der Waals surface area contributed by atoms with Gasteiger partial charge >= 0.3 is 5.97 Å². The van der Waals surface area contributed by atoms with Crippen LogP contribution >= 0.6 is 23.4 Å². The van der Waals surface area contributed by atoms with Crippen molar-refractivity contribution in [2.75, 3.05) is 32.5 Å². The van der Waals surface area contributed by atoms with E-state index in [1.165, 1.54) is 16.7 Å². The number of amides is 2. The summed E-state index contributed by atoms with van der Waals surface area (Å²) in [7, 11) is 1.63. The Bertz CT molecular complexity index is 759. The Kier molecular flexibility index (Phi) is 6.40. The van der Waals surface area contributed by atoms with Crippen LogP contribution in [0.4, 0.5) is 0 Å². The summed E-state index contributed by atoms with van der Waals surface area (Å²) in [6.07, 6.45) is -0.158. The van der Waals surface area contributed by atoms with Gasteiger partial charge in [0.1, 0.15) is 12.4 Å². The van der Waals surface area contributed by atoms with E-state index < -0.39 is 16.9 Å². The lowest BCUT2D eigenvalue weighted by Gasteiger charge is -2.30. The predicted octanol–water partition coefficient (Wildman–Crippen LogP) is 2.17. The van der Waals surface area contributed by atoms with Crippen LogP contribution in [0.3, 0.4) is 0 Å². The molecule has 2 fully saturated rings. The van der Waals surface area contributed by atoms with Crippen LogP contribution in [-0.4, -0.2) is 71.1 Å². The number of ether oxygens (including phenoxy) is 2. The van der Waals surface area contributed by atoms with Crippen molar-refractivity contribution in [2.24, 2.45) is 0 Å². The fourth-order valence-corrected chi connectivity index (χ4v) is 4.83. The number of likely N-dealkylation sites (N-methyl/N-ethyl adjacent to an activating group) is 1. The van der Waals surface area contributed by atoms with E-state index in [9.17, 15) is 14.4 Å². The Morgan fingerprint density at radius 1 is 1.36 bits per heavy atom. The van der Waals surface area contributed by atoms with Gasteiger partial charge in [-0.25, -0.2) is 4.79 Å². The second-order valence-electron chi connectivity index (χ2n) is 6.79. The first kappa shape index (κ1) is 20.8. The van der Waals surface area contributed by atoms with Gasteiger partial charge in [-0.15, -0.1) is 11.8 Å². The van der Waals surface area contributed by atoms with Gasteiger partial charge in [0, 0.05) is 30.8 Å². The number of hydrogen-bond donors (Lipinski definition) is 0. The molecule has 2 aliphatic heterocycles. The zero-order valence-corrected chi connectivity index (χ0v) is 17.4. The molecule has 0 N–H and O–H groups in total. The minimum absolute atomic E-state index is 0.0302. The molecule has 0 aromatic heterocycles. The van der Waals surface area contributed by atoms with Crippen molar-refractivity contribution >= 4 is 41.1 Å². The second-order valence-corrected chi connectivity index (χ2v) is 8.60. The summed E-state index contributed by atoms with van der Waals surface area (Å²) < 4.78 is 11.0. The highest BCUT2D eigenvalue weighted by Gasteiger charge is 2.56. The second kappa shape index (κ2) is 8.61. The lowest BCUT2D eigenvalue weighted by Crippen LogP contribution is -2.49. The molecule has 1 aromatic rings. The Morgan fingerprint density at radius 3 is 2.79 bits per heavy atom. The fourth-order valence-electron chi connectivity index (χ4n) is 3.33. The number of fused-ring (bicyclic) bond motifs is 1. The molecule has 7 nitrogen and oxygen atoms in total. The highest BCUT2D eigenvalue weighted by molar-refractivity contribution is 8.01. The summed E-state index contributed by atoms with van der Waals surface area (Å²) in [6, 6.07) is 6.96. The number of esters is 1. The van der Waals surface area contributed by atoms with Gasteiger partial charge < -0.3 is 19.3 Å². The minimum atomic E-state index is -0.956. The lowest BCUT2D eigenvalue weighted by atomic mass is 10.2. The number of hydrogen-bond acceptors (Lipinski definition) is 6. The van der Waals surface area contributed by atoms with Crippen LogP contribution in [-0.2, 0) is 19.1 Å². The summed E-state index contributed by atoms with van der Waals surface area (Å²) in [5, 5.41) is 0.623. The van der Waals surface area contributed by atoms with E-state index in [0.29, 0.717) is 49.1 Å². The molecule has 2 heterocycles. The van der Waals surface area contributed by atoms with E-state index in [2.05, 4.69) is 0 Å². The maximum absolute atomic E-state index is 12.7. The Labute approximate surface area is 173 Å². The van der Waals surface area contributed by atoms with Crippen molar-refractivity contribution in [1.29, 1.82) is 0 Å². The third kappa shape index (κ3) is 4.22. The van der Waals surface area contributed by atoms with Crippen molar-refractivity contribution in [1.82, 2.24) is 9.80 Å². The summed E-state index contributed by atoms with van der Waals surface area (Å²) in [5.41, 5.74) is 0. The first-order valence-corrected chi connectivity index (χ1v) is 10.5. The van der Waals surface area contributed by atoms with Crippen LogP contribution in [0.5, 0.6) is 5.75 Å². The SMILES string of the molecule is CC(OC(=O)C12CCC(=O)N1CCS2)C(=O)N(C)CCOc1ccc(Cl)cc1. The maximum Gasteiger partial charge on any atom is 0.343 e. The van der Waals surface area contributed by atoms with E-state index in [1.807, 2.05) is 0 Å². The van der Waals surface area contributed by atoms with Gasteiger partial charge in [-0.2, -0.15) is 0 Å². The molecule has 3 rings (SSSR count). The smallest absolute Gasteiger partial charge is 0.343 e. The molecule has 152 valence electrons. The van der Waals surface area contributed by atoms with Crippen molar-refractivity contribution in [3.05, 3.63) is 29.3 Å². The largest absolute Gasteiger partial charge is 0.492 e. The van der Waals surface area contributed by atoms with Gasteiger partial charge in [0.05, 0.1) is 6.54 Å². The fraction of sp³-hybridized carbons (Fsp3) is 0.526. The first-order valence-electron chi connectivity index (χ1n) is 9.12. The summed E-state index contributed by atoms with van der Waals surface area (Å²) >= 11 is 7.25. The van der Waals surface area contributed by atoms with Crippen LogP contribution in [0.1, 0.15) is 19.8 Å². The van der Waals surface area contributed by atoms with Gasteiger partial charge in [-0.3, -0.25) is 9.59 Å². The molecule has 28 heavy (non-hydrogen) atoms. The van der Waals surface area contributed by atoms with E-state index in [-0.39, 0.29) is 11.8 Å². The highest BCUT2D eigenvalue weighted by Crippen LogP contribution is 2.45. The van der Waals surface area contributed by atoms with Gasteiger partial charge in [-0.05, 0) is 37.6 Å². The monoisotopic (exact) mass is 426 g/mol. The van der Waals surface area contributed by atoms with Gasteiger partial charge in [0.2, 0.25) is 5.91 Å². The predicted molar refractivity (Wildman–Crippen MR) is 106 cm³/mol. The highest BCUT2D eigenvalue weighted by atomic mass is 35.5. The van der Waals surface area contributed by atoms with Crippen molar-refractivity contribution in [3.8, 4) is 5.75 Å². The van der Waals surface area contributed by atoms with Crippen LogP contribution in [0, 0.1) is 0 Å². The Balaban J connectivity index is 1.48. The topological polar surface area (TPSA) is 76.2 Å². The minimum Gasteiger partial charge on any atom is -0.492 e. The third-order valence-corrected chi connectivity index (χ3v) is 6.61. The molecule has 2 saturated heterocycles. The zero-order chi connectivity index (χ0) is 20.3.